The van der Waals surface area contributed by atoms with Gasteiger partial charge in [0.25, 0.3) is 5.91 Å². The quantitative estimate of drug-likeness (QED) is 0.716. The summed E-state index contributed by atoms with van der Waals surface area (Å²) in [5.41, 5.74) is -0.191. The first-order valence-electron chi connectivity index (χ1n) is 7.54. The number of hydrogen-bond donors (Lipinski definition) is 0. The third-order valence-corrected chi connectivity index (χ3v) is 3.78. The van der Waals surface area contributed by atoms with Gasteiger partial charge < -0.3 is 4.90 Å². The molecule has 0 N–H and O–H groups in total. The molecule has 3 aromatic heterocycles. The summed E-state index contributed by atoms with van der Waals surface area (Å²) in [6.45, 7) is 1.67. The van der Waals surface area contributed by atoms with Crippen LogP contribution in [0, 0.1) is 6.92 Å². The third kappa shape index (κ3) is 3.17. The van der Waals surface area contributed by atoms with Crippen LogP contribution in [0.4, 0.5) is 18.9 Å². The van der Waals surface area contributed by atoms with E-state index < -0.39 is 23.3 Å². The highest BCUT2D eigenvalue weighted by atomic mass is 19.4. The lowest BCUT2D eigenvalue weighted by Gasteiger charge is -2.16. The largest absolute Gasteiger partial charge is 0.435 e. The fraction of sp³-hybridized carbons (Fsp3) is 0.250. The smallest absolute Gasteiger partial charge is 0.308 e. The van der Waals surface area contributed by atoms with Crippen LogP contribution in [0.25, 0.3) is 5.69 Å². The van der Waals surface area contributed by atoms with Crippen molar-refractivity contribution in [2.75, 3.05) is 11.9 Å². The van der Waals surface area contributed by atoms with Gasteiger partial charge in [0.15, 0.2) is 5.69 Å². The van der Waals surface area contributed by atoms with E-state index in [1.807, 2.05) is 0 Å². The van der Waals surface area contributed by atoms with Crippen LogP contribution in [0.1, 0.15) is 21.7 Å². The van der Waals surface area contributed by atoms with Crippen LogP contribution in [0.5, 0.6) is 0 Å². The number of carbonyl (C=O) groups is 1. The van der Waals surface area contributed by atoms with Crippen molar-refractivity contribution in [3.8, 4) is 5.69 Å². The van der Waals surface area contributed by atoms with Crippen LogP contribution in [-0.4, -0.2) is 37.5 Å². The Bertz CT molecular complexity index is 945. The molecule has 0 fully saturated rings. The summed E-state index contributed by atoms with van der Waals surface area (Å²) < 4.78 is 41.8. The lowest BCUT2D eigenvalue weighted by molar-refractivity contribution is -0.141. The molecule has 1 amide bonds. The van der Waals surface area contributed by atoms with Crippen LogP contribution in [0.15, 0.2) is 36.9 Å². The SMILES string of the molecule is Cc1nn(-c2cccnc2)cc1N(C)C(=O)c1cn(C)nc1C(F)(F)F. The van der Waals surface area contributed by atoms with Crippen LogP contribution in [-0.2, 0) is 13.2 Å². The molecule has 136 valence electrons. The average Bonchev–Trinajstić information content (AvgIpc) is 3.17. The zero-order chi connectivity index (χ0) is 19.1. The van der Waals surface area contributed by atoms with Crippen molar-refractivity contribution >= 4 is 11.6 Å². The number of nitrogens with zero attached hydrogens (tertiary/aromatic N) is 6. The molecule has 0 bridgehead atoms. The second kappa shape index (κ2) is 6.28. The fourth-order valence-corrected chi connectivity index (χ4v) is 2.55. The molecule has 0 aliphatic rings. The number of aryl methyl sites for hydroxylation is 2. The molecule has 10 heteroatoms. The molecule has 0 radical (unpaired) electrons. The summed E-state index contributed by atoms with van der Waals surface area (Å²) in [7, 11) is 2.73. The number of aromatic nitrogens is 5. The Morgan fingerprint density at radius 2 is 1.96 bits per heavy atom. The molecule has 3 aromatic rings. The van der Waals surface area contributed by atoms with E-state index in [-0.39, 0.29) is 0 Å². The van der Waals surface area contributed by atoms with Gasteiger partial charge in [0.2, 0.25) is 0 Å². The second-order valence-electron chi connectivity index (χ2n) is 5.68. The molecule has 0 spiro atoms. The van der Waals surface area contributed by atoms with Crippen molar-refractivity contribution in [3.63, 3.8) is 0 Å². The van der Waals surface area contributed by atoms with Crippen molar-refractivity contribution in [1.29, 1.82) is 0 Å². The van der Waals surface area contributed by atoms with Crippen LogP contribution in [0.2, 0.25) is 0 Å². The maximum absolute atomic E-state index is 13.1. The van der Waals surface area contributed by atoms with Gasteiger partial charge in [-0.15, -0.1) is 0 Å². The topological polar surface area (TPSA) is 68.8 Å². The molecule has 26 heavy (non-hydrogen) atoms. The van der Waals surface area contributed by atoms with E-state index in [0.717, 1.165) is 15.8 Å². The van der Waals surface area contributed by atoms with Gasteiger partial charge in [0.05, 0.1) is 35.0 Å². The van der Waals surface area contributed by atoms with Gasteiger partial charge in [-0.25, -0.2) is 4.68 Å². The van der Waals surface area contributed by atoms with Gasteiger partial charge >= 0.3 is 6.18 Å². The first kappa shape index (κ1) is 17.6. The minimum atomic E-state index is -4.72. The molecule has 0 saturated carbocycles. The fourth-order valence-electron chi connectivity index (χ4n) is 2.55. The highest BCUT2D eigenvalue weighted by Crippen LogP contribution is 2.32. The van der Waals surface area contributed by atoms with E-state index >= 15 is 0 Å². The number of pyridine rings is 1. The predicted octanol–water partition coefficient (Wildman–Crippen LogP) is 2.60. The number of hydrogen-bond acceptors (Lipinski definition) is 4. The van der Waals surface area contributed by atoms with Crippen molar-refractivity contribution < 1.29 is 18.0 Å². The number of rotatable bonds is 3. The molecule has 0 aliphatic heterocycles. The maximum atomic E-state index is 13.1. The zero-order valence-corrected chi connectivity index (χ0v) is 14.2. The van der Waals surface area contributed by atoms with Crippen LogP contribution >= 0.6 is 0 Å². The van der Waals surface area contributed by atoms with Crippen LogP contribution < -0.4 is 4.90 Å². The summed E-state index contributed by atoms with van der Waals surface area (Å²) in [6.07, 6.45) is 1.09. The summed E-state index contributed by atoms with van der Waals surface area (Å²) >= 11 is 0. The normalized spacial score (nSPS) is 11.6. The Labute approximate surface area is 146 Å². The molecule has 7 nitrogen and oxygen atoms in total. The Hall–Kier alpha value is -3.17. The Morgan fingerprint density at radius 1 is 1.23 bits per heavy atom. The lowest BCUT2D eigenvalue weighted by atomic mass is 10.2. The minimum absolute atomic E-state index is 0.385. The summed E-state index contributed by atoms with van der Waals surface area (Å²) in [5.74, 6) is -0.820. The zero-order valence-electron chi connectivity index (χ0n) is 14.2. The molecule has 0 aromatic carbocycles. The van der Waals surface area contributed by atoms with Crippen LogP contribution in [0.3, 0.4) is 0 Å². The molecule has 0 unspecified atom stereocenters. The maximum Gasteiger partial charge on any atom is 0.435 e. The van der Waals surface area contributed by atoms with Gasteiger partial charge in [-0.2, -0.15) is 23.4 Å². The molecule has 0 aliphatic carbocycles. The first-order chi connectivity index (χ1) is 12.2. The summed E-state index contributed by atoms with van der Waals surface area (Å²) in [5, 5.41) is 7.66. The van der Waals surface area contributed by atoms with E-state index in [1.54, 1.807) is 37.6 Å². The van der Waals surface area contributed by atoms with Crippen molar-refractivity contribution in [2.45, 2.75) is 13.1 Å². The minimum Gasteiger partial charge on any atom is -0.308 e. The highest BCUT2D eigenvalue weighted by molar-refractivity contribution is 6.06. The number of carbonyl (C=O) groups excluding carboxylic acids is 1. The van der Waals surface area contributed by atoms with Gasteiger partial charge in [-0.1, -0.05) is 0 Å². The lowest BCUT2D eigenvalue weighted by Crippen LogP contribution is -2.28. The Morgan fingerprint density at radius 3 is 2.58 bits per heavy atom. The summed E-state index contributed by atoms with van der Waals surface area (Å²) in [6, 6.07) is 3.50. The third-order valence-electron chi connectivity index (χ3n) is 3.78. The monoisotopic (exact) mass is 364 g/mol. The van der Waals surface area contributed by atoms with E-state index in [1.165, 1.54) is 18.8 Å². The average molecular weight is 364 g/mol. The van der Waals surface area contributed by atoms with Crippen molar-refractivity contribution in [3.05, 3.63) is 53.9 Å². The molecule has 0 saturated heterocycles. The molecular weight excluding hydrogens is 349 g/mol. The number of alkyl halides is 3. The molecule has 3 rings (SSSR count). The van der Waals surface area contributed by atoms with E-state index in [0.29, 0.717) is 17.1 Å². The van der Waals surface area contributed by atoms with Crippen molar-refractivity contribution in [2.24, 2.45) is 7.05 Å². The molecular formula is C16H15F3N6O. The predicted molar refractivity (Wildman–Crippen MR) is 87.0 cm³/mol. The Balaban J connectivity index is 1.97. The number of anilines is 1. The first-order valence-corrected chi connectivity index (χ1v) is 7.54. The molecule has 0 atom stereocenters. The second-order valence-corrected chi connectivity index (χ2v) is 5.68. The Kier molecular flexibility index (Phi) is 4.26. The summed E-state index contributed by atoms with van der Waals surface area (Å²) in [4.78, 5) is 17.8. The van der Waals surface area contributed by atoms with Gasteiger partial charge in [0, 0.05) is 26.5 Å². The number of halogens is 3. The standard InChI is InChI=1S/C16H15F3N6O/c1-10-13(9-25(21-10)11-5-4-6-20-7-11)24(3)15(26)12-8-23(2)22-14(12)16(17,18)19/h4-9H,1-3H3. The number of amides is 1. The molecule has 3 heterocycles. The highest BCUT2D eigenvalue weighted by Gasteiger charge is 2.40. The van der Waals surface area contributed by atoms with E-state index in [4.69, 9.17) is 0 Å². The van der Waals surface area contributed by atoms with Gasteiger partial charge in [-0.05, 0) is 19.1 Å². The van der Waals surface area contributed by atoms with Gasteiger partial charge in [-0.3, -0.25) is 14.5 Å². The van der Waals surface area contributed by atoms with Gasteiger partial charge in [0.1, 0.15) is 0 Å². The van der Waals surface area contributed by atoms with E-state index in [2.05, 4.69) is 15.2 Å². The van der Waals surface area contributed by atoms with Crippen molar-refractivity contribution in [1.82, 2.24) is 24.5 Å². The van der Waals surface area contributed by atoms with E-state index in [9.17, 15) is 18.0 Å².